The third kappa shape index (κ3) is 3.09. The molecule has 0 saturated heterocycles. The minimum Gasteiger partial charge on any atom is -0.389 e. The van der Waals surface area contributed by atoms with Gasteiger partial charge in [0.05, 0.1) is 5.60 Å². The van der Waals surface area contributed by atoms with Crippen LogP contribution in [0.2, 0.25) is 0 Å². The molecule has 0 spiro atoms. The van der Waals surface area contributed by atoms with E-state index in [1.165, 1.54) is 24.1 Å². The summed E-state index contributed by atoms with van der Waals surface area (Å²) in [4.78, 5) is 2.99. The fraction of sp³-hybridized carbons (Fsp3) is 0.714. The zero-order valence-corrected chi connectivity index (χ0v) is 11.9. The highest BCUT2D eigenvalue weighted by Gasteiger charge is 2.24. The molecule has 0 bridgehead atoms. The van der Waals surface area contributed by atoms with Gasteiger partial charge in [-0.1, -0.05) is 13.8 Å². The minimum atomic E-state index is -0.611. The Labute approximate surface area is 108 Å². The second-order valence-corrected chi connectivity index (χ2v) is 6.85. The van der Waals surface area contributed by atoms with Crippen molar-refractivity contribution in [2.45, 2.75) is 52.2 Å². The summed E-state index contributed by atoms with van der Waals surface area (Å²) in [5.41, 5.74) is 0.947. The Kier molecular flexibility index (Phi) is 3.91. The average Bonchev–Trinajstić information content (AvgIpc) is 2.76. The third-order valence-electron chi connectivity index (χ3n) is 3.82. The van der Waals surface area contributed by atoms with Crippen LogP contribution in [0.4, 0.5) is 0 Å². The second-order valence-electron chi connectivity index (χ2n) is 5.63. The lowest BCUT2D eigenvalue weighted by Gasteiger charge is -2.27. The predicted octanol–water partition coefficient (Wildman–Crippen LogP) is 2.73. The van der Waals surface area contributed by atoms with E-state index < -0.39 is 5.60 Å². The summed E-state index contributed by atoms with van der Waals surface area (Å²) in [6.45, 7) is 7.57. The molecule has 0 fully saturated rings. The maximum absolute atomic E-state index is 10.1. The first-order valence-electron chi connectivity index (χ1n) is 6.52. The standard InChI is InChI=1S/C14H23NOS/c1-10(2)14(3,16)9-15-8-12-7-11-5-4-6-13(11)17-12/h7,10,15-16H,4-6,8-9H2,1-3H3. The lowest BCUT2D eigenvalue weighted by atomic mass is 9.92. The van der Waals surface area contributed by atoms with Crippen molar-refractivity contribution in [3.63, 3.8) is 0 Å². The van der Waals surface area contributed by atoms with Crippen LogP contribution in [0, 0.1) is 5.92 Å². The van der Waals surface area contributed by atoms with Gasteiger partial charge < -0.3 is 10.4 Å². The van der Waals surface area contributed by atoms with Crippen molar-refractivity contribution in [1.82, 2.24) is 5.32 Å². The normalized spacial score (nSPS) is 18.4. The van der Waals surface area contributed by atoms with Gasteiger partial charge in [0.2, 0.25) is 0 Å². The zero-order chi connectivity index (χ0) is 12.5. The highest BCUT2D eigenvalue weighted by Crippen LogP contribution is 2.30. The quantitative estimate of drug-likeness (QED) is 0.845. The molecule has 1 aromatic rings. The summed E-state index contributed by atoms with van der Waals surface area (Å²) < 4.78 is 0. The first-order valence-corrected chi connectivity index (χ1v) is 7.34. The number of nitrogens with one attached hydrogen (secondary N) is 1. The molecule has 96 valence electrons. The van der Waals surface area contributed by atoms with Crippen LogP contribution in [0.15, 0.2) is 6.07 Å². The van der Waals surface area contributed by atoms with Crippen molar-refractivity contribution in [3.8, 4) is 0 Å². The largest absolute Gasteiger partial charge is 0.389 e. The van der Waals surface area contributed by atoms with Crippen molar-refractivity contribution in [3.05, 3.63) is 21.4 Å². The van der Waals surface area contributed by atoms with E-state index in [9.17, 15) is 5.11 Å². The first kappa shape index (κ1) is 13.1. The number of fused-ring (bicyclic) bond motifs is 1. The summed E-state index contributed by atoms with van der Waals surface area (Å²) in [5.74, 6) is 0.281. The Morgan fingerprint density at radius 2 is 2.24 bits per heavy atom. The molecular formula is C14H23NOS. The maximum atomic E-state index is 10.1. The highest BCUT2D eigenvalue weighted by atomic mass is 32.1. The van der Waals surface area contributed by atoms with Crippen LogP contribution in [0.25, 0.3) is 0 Å². The van der Waals surface area contributed by atoms with Crippen molar-refractivity contribution in [2.75, 3.05) is 6.54 Å². The van der Waals surface area contributed by atoms with Crippen molar-refractivity contribution >= 4 is 11.3 Å². The second kappa shape index (κ2) is 5.09. The molecule has 3 heteroatoms. The Hall–Kier alpha value is -0.380. The molecule has 1 aromatic heterocycles. The van der Waals surface area contributed by atoms with Gasteiger partial charge in [0.1, 0.15) is 0 Å². The highest BCUT2D eigenvalue weighted by molar-refractivity contribution is 7.12. The van der Waals surface area contributed by atoms with E-state index in [0.717, 1.165) is 6.54 Å². The van der Waals surface area contributed by atoms with E-state index in [1.54, 1.807) is 10.4 Å². The molecule has 17 heavy (non-hydrogen) atoms. The van der Waals surface area contributed by atoms with E-state index >= 15 is 0 Å². The molecule has 1 heterocycles. The molecule has 2 N–H and O–H groups in total. The topological polar surface area (TPSA) is 32.3 Å². The molecule has 0 aromatic carbocycles. The van der Waals surface area contributed by atoms with Crippen molar-refractivity contribution in [1.29, 1.82) is 0 Å². The summed E-state index contributed by atoms with van der Waals surface area (Å²) >= 11 is 1.94. The lowest BCUT2D eigenvalue weighted by Crippen LogP contribution is -2.41. The molecule has 2 nitrogen and oxygen atoms in total. The lowest BCUT2D eigenvalue weighted by molar-refractivity contribution is 0.0140. The van der Waals surface area contributed by atoms with E-state index in [2.05, 4.69) is 25.2 Å². The molecule has 0 saturated carbocycles. The predicted molar refractivity (Wildman–Crippen MR) is 73.5 cm³/mol. The number of hydrogen-bond donors (Lipinski definition) is 2. The van der Waals surface area contributed by atoms with E-state index in [4.69, 9.17) is 0 Å². The van der Waals surface area contributed by atoms with Gasteiger partial charge in [0.15, 0.2) is 0 Å². The summed E-state index contributed by atoms with van der Waals surface area (Å²) in [7, 11) is 0. The van der Waals surface area contributed by atoms with Crippen LogP contribution in [-0.4, -0.2) is 17.3 Å². The molecule has 1 aliphatic carbocycles. The monoisotopic (exact) mass is 253 g/mol. The van der Waals surface area contributed by atoms with E-state index in [-0.39, 0.29) is 5.92 Å². The first-order chi connectivity index (χ1) is 7.99. The van der Waals surface area contributed by atoms with Crippen LogP contribution in [0.5, 0.6) is 0 Å². The van der Waals surface area contributed by atoms with Crippen molar-refractivity contribution in [2.24, 2.45) is 5.92 Å². The SMILES string of the molecule is CC(C)C(C)(O)CNCc1cc2c(s1)CCC2. The van der Waals surface area contributed by atoms with Gasteiger partial charge in [-0.2, -0.15) is 0 Å². The average molecular weight is 253 g/mol. The Balaban J connectivity index is 1.82. The molecular weight excluding hydrogens is 230 g/mol. The molecule has 1 unspecified atom stereocenters. The zero-order valence-electron chi connectivity index (χ0n) is 11.0. The maximum Gasteiger partial charge on any atom is 0.0766 e. The van der Waals surface area contributed by atoms with Gasteiger partial charge in [-0.25, -0.2) is 0 Å². The number of thiophene rings is 1. The molecule has 2 rings (SSSR count). The van der Waals surface area contributed by atoms with Gasteiger partial charge in [0.25, 0.3) is 0 Å². The van der Waals surface area contributed by atoms with Gasteiger partial charge in [-0.3, -0.25) is 0 Å². The summed E-state index contributed by atoms with van der Waals surface area (Å²) in [6.07, 6.45) is 3.86. The molecule has 0 aliphatic heterocycles. The van der Waals surface area contributed by atoms with E-state index in [0.29, 0.717) is 6.54 Å². The smallest absolute Gasteiger partial charge is 0.0766 e. The fourth-order valence-corrected chi connectivity index (χ4v) is 3.35. The van der Waals surface area contributed by atoms with Gasteiger partial charge in [0, 0.05) is 22.8 Å². The van der Waals surface area contributed by atoms with Crippen LogP contribution >= 0.6 is 11.3 Å². The van der Waals surface area contributed by atoms with Crippen LogP contribution < -0.4 is 5.32 Å². The molecule has 1 aliphatic rings. The van der Waals surface area contributed by atoms with Gasteiger partial charge in [-0.05, 0) is 43.7 Å². The van der Waals surface area contributed by atoms with Crippen LogP contribution in [0.3, 0.4) is 0 Å². The number of rotatable bonds is 5. The van der Waals surface area contributed by atoms with Gasteiger partial charge in [-0.15, -0.1) is 11.3 Å². The summed E-state index contributed by atoms with van der Waals surface area (Å²) in [6, 6.07) is 2.34. The van der Waals surface area contributed by atoms with Gasteiger partial charge >= 0.3 is 0 Å². The summed E-state index contributed by atoms with van der Waals surface area (Å²) in [5, 5.41) is 13.5. The minimum absolute atomic E-state index is 0.281. The third-order valence-corrected chi connectivity index (χ3v) is 5.06. The molecule has 0 radical (unpaired) electrons. The van der Waals surface area contributed by atoms with E-state index in [1.807, 2.05) is 18.3 Å². The number of aliphatic hydroxyl groups is 1. The van der Waals surface area contributed by atoms with Crippen molar-refractivity contribution < 1.29 is 5.11 Å². The Bertz CT molecular complexity index is 360. The van der Waals surface area contributed by atoms with Crippen LogP contribution in [0.1, 0.15) is 42.5 Å². The molecule has 0 amide bonds. The fourth-order valence-electron chi connectivity index (χ4n) is 2.12. The molecule has 1 atom stereocenters. The van der Waals surface area contributed by atoms with Crippen LogP contribution in [-0.2, 0) is 19.4 Å². The Morgan fingerprint density at radius 1 is 1.47 bits per heavy atom. The number of hydrogen-bond acceptors (Lipinski definition) is 3. The Morgan fingerprint density at radius 3 is 2.88 bits per heavy atom. The number of aryl methyl sites for hydroxylation is 2.